The van der Waals surface area contributed by atoms with Crippen LogP contribution in [0.15, 0.2) is 18.2 Å². The maximum Gasteiger partial charge on any atom is 0.0678 e. The van der Waals surface area contributed by atoms with Crippen LogP contribution >= 0.6 is 0 Å². The Kier molecular flexibility index (Phi) is 5.23. The van der Waals surface area contributed by atoms with Crippen LogP contribution in [0.3, 0.4) is 0 Å². The fraction of sp³-hybridized carbons (Fsp3) is 0.625. The maximum absolute atomic E-state index is 5.41. The molecule has 3 heteroatoms. The molecule has 2 rings (SSSR count). The van der Waals surface area contributed by atoms with E-state index in [0.29, 0.717) is 6.04 Å². The molecule has 0 saturated heterocycles. The number of ether oxygens (including phenoxy) is 1. The highest BCUT2D eigenvalue weighted by Gasteiger charge is 2.23. The Labute approximate surface area is 116 Å². The van der Waals surface area contributed by atoms with Crippen LogP contribution in [0.2, 0.25) is 0 Å². The fourth-order valence-corrected chi connectivity index (χ4v) is 2.90. The largest absolute Gasteiger partial charge is 0.383 e. The van der Waals surface area contributed by atoms with Crippen LogP contribution in [0.5, 0.6) is 0 Å². The lowest BCUT2D eigenvalue weighted by Gasteiger charge is -2.38. The molecule has 0 amide bonds. The van der Waals surface area contributed by atoms with Crippen LogP contribution in [0.25, 0.3) is 0 Å². The van der Waals surface area contributed by atoms with Crippen molar-refractivity contribution in [1.82, 2.24) is 5.32 Å². The summed E-state index contributed by atoms with van der Waals surface area (Å²) in [5.74, 6) is 0. The van der Waals surface area contributed by atoms with Crippen molar-refractivity contribution >= 4 is 5.69 Å². The lowest BCUT2D eigenvalue weighted by atomic mass is 9.98. The van der Waals surface area contributed by atoms with E-state index in [0.717, 1.165) is 26.2 Å². The first kappa shape index (κ1) is 14.4. The summed E-state index contributed by atoms with van der Waals surface area (Å²) in [4.78, 5) is 2.52. The zero-order chi connectivity index (χ0) is 13.7. The van der Waals surface area contributed by atoms with E-state index < -0.39 is 0 Å². The number of anilines is 1. The van der Waals surface area contributed by atoms with E-state index in [2.05, 4.69) is 42.3 Å². The van der Waals surface area contributed by atoms with Crippen molar-refractivity contribution in [3.63, 3.8) is 0 Å². The van der Waals surface area contributed by atoms with Gasteiger partial charge in [-0.15, -0.1) is 0 Å². The molecule has 1 N–H and O–H groups in total. The molecule has 1 heterocycles. The quantitative estimate of drug-likeness (QED) is 0.852. The summed E-state index contributed by atoms with van der Waals surface area (Å²) in [5, 5.41) is 3.45. The van der Waals surface area contributed by atoms with Crippen LogP contribution < -0.4 is 10.2 Å². The summed E-state index contributed by atoms with van der Waals surface area (Å²) in [5.41, 5.74) is 4.25. The lowest BCUT2D eigenvalue weighted by molar-refractivity contribution is 0.174. The lowest BCUT2D eigenvalue weighted by Crippen LogP contribution is -2.47. The van der Waals surface area contributed by atoms with E-state index >= 15 is 0 Å². The van der Waals surface area contributed by atoms with Gasteiger partial charge in [-0.1, -0.05) is 24.6 Å². The highest BCUT2D eigenvalue weighted by atomic mass is 16.5. The summed E-state index contributed by atoms with van der Waals surface area (Å²) < 4.78 is 5.41. The fourth-order valence-electron chi connectivity index (χ4n) is 2.90. The van der Waals surface area contributed by atoms with Gasteiger partial charge in [0.25, 0.3) is 0 Å². The molecule has 0 saturated carbocycles. The SMILES string of the molecule is CCNCC(COC)N1CCCc2cc(C)ccc21. The average Bonchev–Trinajstić information content (AvgIpc) is 2.42. The number of aryl methyl sites for hydroxylation is 2. The number of likely N-dealkylation sites (N-methyl/N-ethyl adjacent to an activating group) is 1. The Bertz CT molecular complexity index is 406. The summed E-state index contributed by atoms with van der Waals surface area (Å²) in [6.45, 7) is 8.23. The average molecular weight is 262 g/mol. The molecule has 0 fully saturated rings. The van der Waals surface area contributed by atoms with E-state index in [1.165, 1.54) is 29.7 Å². The number of nitrogens with zero attached hydrogens (tertiary/aromatic N) is 1. The molecule has 1 aromatic rings. The monoisotopic (exact) mass is 262 g/mol. The van der Waals surface area contributed by atoms with Gasteiger partial charge in [0.15, 0.2) is 0 Å². The highest BCUT2D eigenvalue weighted by Crippen LogP contribution is 2.29. The van der Waals surface area contributed by atoms with Crippen molar-refractivity contribution in [2.24, 2.45) is 0 Å². The van der Waals surface area contributed by atoms with Gasteiger partial charge in [0.2, 0.25) is 0 Å². The standard InChI is InChI=1S/C16H26N2O/c1-4-17-11-15(12-19-3)18-9-5-6-14-10-13(2)7-8-16(14)18/h7-8,10,15,17H,4-6,9,11-12H2,1-3H3. The van der Waals surface area contributed by atoms with Crippen LogP contribution in [0, 0.1) is 6.92 Å². The third kappa shape index (κ3) is 3.48. The Morgan fingerprint density at radius 2 is 2.26 bits per heavy atom. The van der Waals surface area contributed by atoms with E-state index in [4.69, 9.17) is 4.74 Å². The van der Waals surface area contributed by atoms with Crippen molar-refractivity contribution in [2.45, 2.75) is 32.7 Å². The third-order valence-electron chi connectivity index (χ3n) is 3.82. The van der Waals surface area contributed by atoms with E-state index in [9.17, 15) is 0 Å². The molecule has 1 unspecified atom stereocenters. The highest BCUT2D eigenvalue weighted by molar-refractivity contribution is 5.57. The molecule has 0 aromatic heterocycles. The van der Waals surface area contributed by atoms with Gasteiger partial charge in [0.05, 0.1) is 12.6 Å². The number of benzene rings is 1. The summed E-state index contributed by atoms with van der Waals surface area (Å²) in [6.07, 6.45) is 2.44. The second kappa shape index (κ2) is 6.92. The van der Waals surface area contributed by atoms with Crippen LogP contribution in [-0.2, 0) is 11.2 Å². The van der Waals surface area contributed by atoms with Gasteiger partial charge in [-0.25, -0.2) is 0 Å². The molecule has 1 atom stereocenters. The van der Waals surface area contributed by atoms with Gasteiger partial charge >= 0.3 is 0 Å². The third-order valence-corrected chi connectivity index (χ3v) is 3.82. The van der Waals surface area contributed by atoms with E-state index in [1.807, 2.05) is 0 Å². The zero-order valence-corrected chi connectivity index (χ0v) is 12.4. The molecule has 0 bridgehead atoms. The molecular weight excluding hydrogens is 236 g/mol. The Morgan fingerprint density at radius 3 is 3.00 bits per heavy atom. The van der Waals surface area contributed by atoms with Gasteiger partial charge in [0.1, 0.15) is 0 Å². The van der Waals surface area contributed by atoms with Crippen LogP contribution in [0.4, 0.5) is 5.69 Å². The van der Waals surface area contributed by atoms with Crippen molar-refractivity contribution < 1.29 is 4.74 Å². The number of methoxy groups -OCH3 is 1. The minimum atomic E-state index is 0.423. The normalized spacial score (nSPS) is 16.3. The molecular formula is C16H26N2O. The molecule has 1 aliphatic heterocycles. The second-order valence-corrected chi connectivity index (χ2v) is 5.35. The van der Waals surface area contributed by atoms with Gasteiger partial charge in [0, 0.05) is 25.9 Å². The molecule has 3 nitrogen and oxygen atoms in total. The molecule has 0 spiro atoms. The van der Waals surface area contributed by atoms with Crippen molar-refractivity contribution in [1.29, 1.82) is 0 Å². The van der Waals surface area contributed by atoms with E-state index in [-0.39, 0.29) is 0 Å². The molecule has 19 heavy (non-hydrogen) atoms. The zero-order valence-electron chi connectivity index (χ0n) is 12.4. The Morgan fingerprint density at radius 1 is 1.42 bits per heavy atom. The smallest absolute Gasteiger partial charge is 0.0678 e. The minimum absolute atomic E-state index is 0.423. The number of hydrogen-bond donors (Lipinski definition) is 1. The van der Waals surface area contributed by atoms with E-state index in [1.54, 1.807) is 7.11 Å². The first-order valence-electron chi connectivity index (χ1n) is 7.32. The molecule has 1 aromatic carbocycles. The minimum Gasteiger partial charge on any atom is -0.383 e. The summed E-state index contributed by atoms with van der Waals surface area (Å²) in [6, 6.07) is 7.25. The molecule has 0 radical (unpaired) electrons. The summed E-state index contributed by atoms with van der Waals surface area (Å²) in [7, 11) is 1.79. The molecule has 106 valence electrons. The van der Waals surface area contributed by atoms with Gasteiger partial charge in [-0.3, -0.25) is 0 Å². The number of fused-ring (bicyclic) bond motifs is 1. The summed E-state index contributed by atoms with van der Waals surface area (Å²) >= 11 is 0. The first-order chi connectivity index (χ1) is 9.26. The molecule has 0 aliphatic carbocycles. The number of nitrogens with one attached hydrogen (secondary N) is 1. The van der Waals surface area contributed by atoms with Crippen molar-refractivity contribution in [3.05, 3.63) is 29.3 Å². The molecule has 1 aliphatic rings. The van der Waals surface area contributed by atoms with Gasteiger partial charge in [-0.05, 0) is 37.9 Å². The topological polar surface area (TPSA) is 24.5 Å². The number of rotatable bonds is 6. The van der Waals surface area contributed by atoms with Crippen LogP contribution in [0.1, 0.15) is 24.5 Å². The predicted molar refractivity (Wildman–Crippen MR) is 81.1 cm³/mol. The maximum atomic E-state index is 5.41. The Hall–Kier alpha value is -1.06. The second-order valence-electron chi connectivity index (χ2n) is 5.35. The van der Waals surface area contributed by atoms with Crippen LogP contribution in [-0.4, -0.2) is 39.4 Å². The first-order valence-corrected chi connectivity index (χ1v) is 7.32. The van der Waals surface area contributed by atoms with Crippen molar-refractivity contribution in [3.8, 4) is 0 Å². The Balaban J connectivity index is 2.19. The van der Waals surface area contributed by atoms with Crippen molar-refractivity contribution in [2.75, 3.05) is 38.3 Å². The predicted octanol–water partition coefficient (Wildman–Crippen LogP) is 2.37. The van der Waals surface area contributed by atoms with Gasteiger partial charge in [-0.2, -0.15) is 0 Å². The number of hydrogen-bond acceptors (Lipinski definition) is 3. The van der Waals surface area contributed by atoms with Gasteiger partial charge < -0.3 is 15.0 Å².